The molecular weight excluding hydrogens is 488 g/mol. The number of nitrogens with one attached hydrogen (secondary N) is 3. The number of allylic oxidation sites excluding steroid dienone is 1. The Kier molecular flexibility index (Phi) is 7.69. The van der Waals surface area contributed by atoms with Crippen molar-refractivity contribution in [1.29, 1.82) is 5.41 Å². The molecule has 0 atom stereocenters. The lowest BCUT2D eigenvalue weighted by molar-refractivity contribution is 0.313. The van der Waals surface area contributed by atoms with Crippen molar-refractivity contribution >= 4 is 40.3 Å². The van der Waals surface area contributed by atoms with Gasteiger partial charge in [-0.25, -0.2) is 4.98 Å². The molecule has 1 aliphatic rings. The van der Waals surface area contributed by atoms with Crippen LogP contribution in [-0.4, -0.2) is 65.9 Å². The van der Waals surface area contributed by atoms with E-state index in [0.717, 1.165) is 54.1 Å². The lowest BCUT2D eigenvalue weighted by Crippen LogP contribution is -2.44. The molecule has 39 heavy (non-hydrogen) atoms. The van der Waals surface area contributed by atoms with Gasteiger partial charge in [0, 0.05) is 80.2 Å². The Morgan fingerprint density at radius 2 is 1.77 bits per heavy atom. The van der Waals surface area contributed by atoms with Gasteiger partial charge in [-0.3, -0.25) is 9.36 Å². The minimum Gasteiger partial charge on any atom is -0.388 e. The molecule has 1 aliphatic heterocycles. The van der Waals surface area contributed by atoms with Crippen LogP contribution >= 0.6 is 0 Å². The van der Waals surface area contributed by atoms with E-state index in [0.29, 0.717) is 23.7 Å². The highest BCUT2D eigenvalue weighted by Gasteiger charge is 2.15. The van der Waals surface area contributed by atoms with Gasteiger partial charge in [-0.1, -0.05) is 24.3 Å². The fraction of sp³-hybridized carbons (Fsp3) is 0.267. The summed E-state index contributed by atoms with van der Waals surface area (Å²) in [6.07, 6.45) is 4.70. The van der Waals surface area contributed by atoms with Gasteiger partial charge >= 0.3 is 0 Å². The first-order chi connectivity index (χ1) is 19.0. The minimum atomic E-state index is -0.0946. The first-order valence-electron chi connectivity index (χ1n) is 13.2. The third kappa shape index (κ3) is 5.53. The first-order valence-corrected chi connectivity index (χ1v) is 13.2. The zero-order chi connectivity index (χ0) is 27.4. The van der Waals surface area contributed by atoms with Gasteiger partial charge < -0.3 is 25.8 Å². The van der Waals surface area contributed by atoms with Crippen LogP contribution in [0.5, 0.6) is 0 Å². The van der Waals surface area contributed by atoms with Crippen LogP contribution in [0.3, 0.4) is 0 Å². The van der Waals surface area contributed by atoms with Crippen LogP contribution in [0.2, 0.25) is 0 Å². The second kappa shape index (κ2) is 11.5. The average Bonchev–Trinajstić information content (AvgIpc) is 2.97. The van der Waals surface area contributed by atoms with E-state index in [2.05, 4.69) is 44.6 Å². The molecule has 0 saturated carbocycles. The molecule has 3 heterocycles. The Hall–Kier alpha value is -4.50. The van der Waals surface area contributed by atoms with E-state index in [1.807, 2.05) is 56.4 Å². The van der Waals surface area contributed by atoms with Crippen LogP contribution in [0.15, 0.2) is 71.7 Å². The summed E-state index contributed by atoms with van der Waals surface area (Å²) < 4.78 is 1.69. The summed E-state index contributed by atoms with van der Waals surface area (Å²) in [7, 11) is 3.98. The molecule has 200 valence electrons. The SMILES string of the molecule is CCn1c(=O)c(-c2ccc(/C(=C/C=N)NC)cc2)cc2cnc(Nc3ccc(N4CCN(C)CC4)cc3)nc21. The Morgan fingerprint density at radius 1 is 1.05 bits per heavy atom. The highest BCUT2D eigenvalue weighted by atomic mass is 16.1. The van der Waals surface area contributed by atoms with Gasteiger partial charge in [-0.15, -0.1) is 0 Å². The van der Waals surface area contributed by atoms with Gasteiger partial charge in [0.05, 0.1) is 0 Å². The highest BCUT2D eigenvalue weighted by Crippen LogP contribution is 2.25. The maximum absolute atomic E-state index is 13.5. The largest absolute Gasteiger partial charge is 0.388 e. The maximum atomic E-state index is 13.5. The Labute approximate surface area is 228 Å². The molecule has 0 unspecified atom stereocenters. The molecule has 4 aromatic rings. The highest BCUT2D eigenvalue weighted by molar-refractivity contribution is 5.84. The van der Waals surface area contributed by atoms with Gasteiger partial charge in [-0.2, -0.15) is 4.98 Å². The molecule has 0 aliphatic carbocycles. The number of aryl methyl sites for hydroxylation is 1. The summed E-state index contributed by atoms with van der Waals surface area (Å²) in [5.41, 5.74) is 5.81. The Bertz CT molecular complexity index is 1550. The number of benzene rings is 2. The summed E-state index contributed by atoms with van der Waals surface area (Å²) >= 11 is 0. The molecule has 1 saturated heterocycles. The van der Waals surface area contributed by atoms with Gasteiger partial charge in [0.2, 0.25) is 5.95 Å². The number of nitrogens with zero attached hydrogens (tertiary/aromatic N) is 5. The normalized spacial score (nSPS) is 14.4. The zero-order valence-electron chi connectivity index (χ0n) is 22.6. The van der Waals surface area contributed by atoms with E-state index < -0.39 is 0 Å². The smallest absolute Gasteiger partial charge is 0.260 e. The number of aromatic nitrogens is 3. The van der Waals surface area contributed by atoms with Crippen molar-refractivity contribution in [3.05, 3.63) is 82.8 Å². The van der Waals surface area contributed by atoms with E-state index in [1.165, 1.54) is 11.9 Å². The topological polar surface area (TPSA) is 102 Å². The predicted molar refractivity (Wildman–Crippen MR) is 160 cm³/mol. The van der Waals surface area contributed by atoms with Crippen LogP contribution in [-0.2, 0) is 6.54 Å². The number of pyridine rings is 1. The molecule has 0 bridgehead atoms. The lowest BCUT2D eigenvalue weighted by Gasteiger charge is -2.34. The summed E-state index contributed by atoms with van der Waals surface area (Å²) in [5, 5.41) is 14.5. The van der Waals surface area contributed by atoms with Crippen molar-refractivity contribution in [3.8, 4) is 11.1 Å². The molecule has 9 nitrogen and oxygen atoms in total. The predicted octanol–water partition coefficient (Wildman–Crippen LogP) is 4.18. The molecule has 1 fully saturated rings. The van der Waals surface area contributed by atoms with Crippen LogP contribution in [0, 0.1) is 5.41 Å². The standard InChI is InChI=1S/C30H34N8O/c1-4-38-28-23(19-26(29(38)39)21-5-7-22(8-6-21)27(32-2)13-14-31)20-33-30(35-28)34-24-9-11-25(12-10-24)37-17-15-36(3)16-18-37/h5-14,19-20,31-32H,4,15-18H2,1-3H3,(H,33,34,35)/b27-13-,31-14?. The average molecular weight is 523 g/mol. The van der Waals surface area contributed by atoms with E-state index in [9.17, 15) is 4.79 Å². The van der Waals surface area contributed by atoms with Crippen molar-refractivity contribution in [2.45, 2.75) is 13.5 Å². The van der Waals surface area contributed by atoms with Gasteiger partial charge in [-0.05, 0) is 61.5 Å². The van der Waals surface area contributed by atoms with Crippen molar-refractivity contribution in [1.82, 2.24) is 24.8 Å². The molecule has 2 aromatic heterocycles. The second-order valence-corrected chi connectivity index (χ2v) is 9.62. The van der Waals surface area contributed by atoms with Crippen LogP contribution in [0.25, 0.3) is 27.9 Å². The molecule has 9 heteroatoms. The Morgan fingerprint density at radius 3 is 2.41 bits per heavy atom. The number of anilines is 3. The number of likely N-dealkylation sites (N-methyl/N-ethyl adjacent to an activating group) is 1. The van der Waals surface area contributed by atoms with Crippen molar-refractivity contribution < 1.29 is 0 Å². The summed E-state index contributed by atoms with van der Waals surface area (Å²) in [6.45, 7) is 6.62. The summed E-state index contributed by atoms with van der Waals surface area (Å²) in [6, 6.07) is 17.9. The van der Waals surface area contributed by atoms with Crippen LogP contribution < -0.4 is 21.1 Å². The molecular formula is C30H34N8O. The molecule has 5 rings (SSSR count). The third-order valence-corrected chi connectivity index (χ3v) is 7.16. The number of fused-ring (bicyclic) bond motifs is 1. The fourth-order valence-electron chi connectivity index (χ4n) is 4.91. The zero-order valence-corrected chi connectivity index (χ0v) is 22.6. The van der Waals surface area contributed by atoms with Gasteiger partial charge in [0.15, 0.2) is 0 Å². The minimum absolute atomic E-state index is 0.0946. The van der Waals surface area contributed by atoms with Gasteiger partial charge in [0.1, 0.15) is 5.65 Å². The number of hydrogen-bond acceptors (Lipinski definition) is 8. The van der Waals surface area contributed by atoms with E-state index in [4.69, 9.17) is 10.4 Å². The monoisotopic (exact) mass is 522 g/mol. The van der Waals surface area contributed by atoms with E-state index in [1.54, 1.807) is 16.8 Å². The van der Waals surface area contributed by atoms with E-state index >= 15 is 0 Å². The number of rotatable bonds is 8. The lowest BCUT2D eigenvalue weighted by atomic mass is 10.0. The third-order valence-electron chi connectivity index (χ3n) is 7.16. The van der Waals surface area contributed by atoms with Gasteiger partial charge in [0.25, 0.3) is 5.56 Å². The molecule has 3 N–H and O–H groups in total. The summed E-state index contributed by atoms with van der Waals surface area (Å²) in [5.74, 6) is 0.450. The van der Waals surface area contributed by atoms with Crippen molar-refractivity contribution in [2.75, 3.05) is 50.5 Å². The quantitative estimate of drug-likeness (QED) is 0.298. The van der Waals surface area contributed by atoms with Crippen molar-refractivity contribution in [3.63, 3.8) is 0 Å². The first kappa shape index (κ1) is 26.1. The fourth-order valence-corrected chi connectivity index (χ4v) is 4.91. The number of piperazine rings is 1. The molecule has 0 amide bonds. The Balaban J connectivity index is 1.40. The number of hydrogen-bond donors (Lipinski definition) is 3. The van der Waals surface area contributed by atoms with Crippen LogP contribution in [0.4, 0.5) is 17.3 Å². The molecule has 0 radical (unpaired) electrons. The molecule has 0 spiro atoms. The second-order valence-electron chi connectivity index (χ2n) is 9.62. The van der Waals surface area contributed by atoms with E-state index in [-0.39, 0.29) is 5.56 Å². The van der Waals surface area contributed by atoms with Crippen LogP contribution in [0.1, 0.15) is 12.5 Å². The maximum Gasteiger partial charge on any atom is 0.260 e. The van der Waals surface area contributed by atoms with Crippen molar-refractivity contribution in [2.24, 2.45) is 0 Å². The molecule has 2 aromatic carbocycles. The summed E-state index contributed by atoms with van der Waals surface area (Å²) in [4.78, 5) is 27.5.